The number of hydrogen-bond donors (Lipinski definition) is 3. The molecule has 0 radical (unpaired) electrons. The number of benzene rings is 2. The molecular formula is C14H15O5PS. The van der Waals surface area contributed by atoms with Gasteiger partial charge >= 0.3 is 7.15 Å². The molecule has 0 aliphatic heterocycles. The summed E-state index contributed by atoms with van der Waals surface area (Å²) in [6.07, 6.45) is 0. The van der Waals surface area contributed by atoms with Crippen LogP contribution in [0.25, 0.3) is 0 Å². The van der Waals surface area contributed by atoms with Gasteiger partial charge in [-0.15, -0.1) is 0 Å². The van der Waals surface area contributed by atoms with E-state index in [0.717, 1.165) is 0 Å². The summed E-state index contributed by atoms with van der Waals surface area (Å²) in [6, 6.07) is 8.99. The van der Waals surface area contributed by atoms with Gasteiger partial charge in [-0.2, -0.15) is 4.89 Å². The molecule has 0 saturated carbocycles. The van der Waals surface area contributed by atoms with E-state index >= 15 is 0 Å². The number of hydrogen-bond acceptors (Lipinski definition) is 6. The number of aryl methyl sites for hydroxylation is 2. The minimum Gasteiger partial charge on any atom is -0.508 e. The minimum absolute atomic E-state index is 0.000800. The van der Waals surface area contributed by atoms with Gasteiger partial charge in [0.15, 0.2) is 11.5 Å². The molecule has 5 nitrogen and oxygen atoms in total. The quantitative estimate of drug-likeness (QED) is 0.590. The Labute approximate surface area is 128 Å². The fourth-order valence-corrected chi connectivity index (χ4v) is 3.05. The highest BCUT2D eigenvalue weighted by Gasteiger charge is 2.29. The SMILES string of the molecule is Cc1ccc(O)cc1O[P+](O)([S-])Oc1cc(O)ccc1C. The van der Waals surface area contributed by atoms with Crippen molar-refractivity contribution < 1.29 is 24.2 Å². The highest BCUT2D eigenvalue weighted by molar-refractivity contribution is 8.35. The molecule has 0 aromatic heterocycles. The van der Waals surface area contributed by atoms with Crippen LogP contribution in [0.3, 0.4) is 0 Å². The van der Waals surface area contributed by atoms with E-state index in [1.807, 2.05) is 0 Å². The summed E-state index contributed by atoms with van der Waals surface area (Å²) in [5.74, 6) is 0.496. The number of phenols is 2. The van der Waals surface area contributed by atoms with Gasteiger partial charge in [-0.3, -0.25) is 0 Å². The van der Waals surface area contributed by atoms with Crippen LogP contribution in [0.4, 0.5) is 0 Å². The van der Waals surface area contributed by atoms with E-state index < -0.39 is 7.15 Å². The van der Waals surface area contributed by atoms with Crippen LogP contribution in [-0.4, -0.2) is 15.1 Å². The molecule has 0 aliphatic carbocycles. The Balaban J connectivity index is 2.22. The van der Waals surface area contributed by atoms with Gasteiger partial charge in [0.1, 0.15) is 11.5 Å². The first kappa shape index (κ1) is 15.8. The Morgan fingerprint density at radius 1 is 0.857 bits per heavy atom. The molecule has 3 N–H and O–H groups in total. The van der Waals surface area contributed by atoms with Gasteiger partial charge in [-0.05, 0) is 37.1 Å². The first-order chi connectivity index (χ1) is 9.77. The van der Waals surface area contributed by atoms with Crippen molar-refractivity contribution in [1.82, 2.24) is 0 Å². The van der Waals surface area contributed by atoms with E-state index in [0.29, 0.717) is 11.1 Å². The first-order valence-corrected chi connectivity index (χ1v) is 8.67. The molecule has 0 heterocycles. The van der Waals surface area contributed by atoms with Crippen molar-refractivity contribution in [3.8, 4) is 23.0 Å². The summed E-state index contributed by atoms with van der Waals surface area (Å²) in [5.41, 5.74) is 1.40. The molecular weight excluding hydrogens is 311 g/mol. The zero-order valence-electron chi connectivity index (χ0n) is 11.5. The molecule has 0 saturated heterocycles. The van der Waals surface area contributed by atoms with Crippen LogP contribution < -0.4 is 9.05 Å². The molecule has 2 aromatic rings. The van der Waals surface area contributed by atoms with E-state index in [1.165, 1.54) is 24.3 Å². The molecule has 0 spiro atoms. The fourth-order valence-electron chi connectivity index (χ4n) is 1.64. The molecule has 0 bridgehead atoms. The Hall–Kier alpha value is -1.62. The smallest absolute Gasteiger partial charge is 0.379 e. The number of aromatic hydroxyl groups is 2. The van der Waals surface area contributed by atoms with E-state index in [2.05, 4.69) is 0 Å². The van der Waals surface area contributed by atoms with Crippen molar-refractivity contribution in [2.24, 2.45) is 0 Å². The molecule has 2 rings (SSSR count). The van der Waals surface area contributed by atoms with Crippen molar-refractivity contribution in [3.63, 3.8) is 0 Å². The summed E-state index contributed by atoms with van der Waals surface area (Å²) in [6.45, 7) is 3.51. The van der Waals surface area contributed by atoms with Crippen molar-refractivity contribution in [2.75, 3.05) is 0 Å². The van der Waals surface area contributed by atoms with Crippen LogP contribution in [0.5, 0.6) is 23.0 Å². The van der Waals surface area contributed by atoms with E-state index in [9.17, 15) is 15.1 Å². The first-order valence-electron chi connectivity index (χ1n) is 6.08. The van der Waals surface area contributed by atoms with Gasteiger partial charge in [-0.1, -0.05) is 12.1 Å². The molecule has 7 heteroatoms. The molecule has 21 heavy (non-hydrogen) atoms. The zero-order chi connectivity index (χ0) is 15.6. The van der Waals surface area contributed by atoms with Crippen molar-refractivity contribution in [3.05, 3.63) is 47.5 Å². The van der Waals surface area contributed by atoms with Gasteiger partial charge in [-0.25, -0.2) is 0 Å². The standard InChI is InChI=1S/C14H15O5PS/c1-9-3-5-11(15)7-13(9)18-20(17,21)19-14-8-12(16)6-4-10(14)2/h3-8,15-16H,1-2H3,(H,17,21). The zero-order valence-corrected chi connectivity index (χ0v) is 13.2. The minimum atomic E-state index is -3.62. The summed E-state index contributed by atoms with van der Waals surface area (Å²) in [7, 11) is -3.62. The Bertz CT molecular complexity index is 604. The second-order valence-electron chi connectivity index (χ2n) is 4.55. The maximum atomic E-state index is 10.2. The third-order valence-corrected chi connectivity index (χ3v) is 4.07. The molecule has 0 atom stereocenters. The number of phenolic OH excluding ortho intramolecular Hbond substituents is 2. The lowest BCUT2D eigenvalue weighted by molar-refractivity contribution is 0.368. The third-order valence-electron chi connectivity index (χ3n) is 2.77. The topological polar surface area (TPSA) is 79.2 Å². The molecule has 2 aromatic carbocycles. The van der Waals surface area contributed by atoms with E-state index in [1.54, 1.807) is 26.0 Å². The Kier molecular flexibility index (Phi) is 4.52. The van der Waals surface area contributed by atoms with Crippen molar-refractivity contribution in [1.29, 1.82) is 0 Å². The highest BCUT2D eigenvalue weighted by Crippen LogP contribution is 2.55. The summed E-state index contributed by atoms with van der Waals surface area (Å²) < 4.78 is 10.7. The van der Waals surface area contributed by atoms with Crippen LogP contribution in [0.1, 0.15) is 11.1 Å². The summed E-state index contributed by atoms with van der Waals surface area (Å²) in [5, 5.41) is 18.9. The van der Waals surface area contributed by atoms with Gasteiger partial charge in [0.25, 0.3) is 0 Å². The third kappa shape index (κ3) is 4.17. The van der Waals surface area contributed by atoms with Gasteiger partial charge < -0.3 is 31.5 Å². The number of rotatable bonds is 4. The predicted octanol–water partition coefficient (Wildman–Crippen LogP) is 3.39. The molecule has 112 valence electrons. The van der Waals surface area contributed by atoms with Crippen LogP contribution in [-0.2, 0) is 12.2 Å². The Morgan fingerprint density at radius 2 is 1.24 bits per heavy atom. The van der Waals surface area contributed by atoms with Gasteiger partial charge in [0.2, 0.25) is 0 Å². The average Bonchev–Trinajstić information content (AvgIpc) is 2.37. The Morgan fingerprint density at radius 3 is 1.62 bits per heavy atom. The van der Waals surface area contributed by atoms with Gasteiger partial charge in [0, 0.05) is 12.1 Å². The van der Waals surface area contributed by atoms with Crippen LogP contribution in [0, 0.1) is 13.8 Å². The second kappa shape index (κ2) is 6.02. The maximum Gasteiger partial charge on any atom is 0.379 e. The lowest BCUT2D eigenvalue weighted by Crippen LogP contribution is -2.06. The van der Waals surface area contributed by atoms with Crippen molar-refractivity contribution in [2.45, 2.75) is 13.8 Å². The lowest BCUT2D eigenvalue weighted by Gasteiger charge is -2.23. The molecule has 0 unspecified atom stereocenters. The normalized spacial score (nSPS) is 11.2. The molecule has 0 fully saturated rings. The molecule has 0 aliphatic rings. The molecule has 0 amide bonds. The second-order valence-corrected chi connectivity index (χ2v) is 7.24. The summed E-state index contributed by atoms with van der Waals surface area (Å²) >= 11 is 4.97. The van der Waals surface area contributed by atoms with Crippen LogP contribution in [0.15, 0.2) is 36.4 Å². The van der Waals surface area contributed by atoms with Crippen molar-refractivity contribution >= 4 is 19.4 Å². The average molecular weight is 326 g/mol. The lowest BCUT2D eigenvalue weighted by atomic mass is 10.2. The maximum absolute atomic E-state index is 10.2. The van der Waals surface area contributed by atoms with Crippen LogP contribution >= 0.6 is 7.15 Å². The van der Waals surface area contributed by atoms with Crippen LogP contribution in [0.2, 0.25) is 0 Å². The highest BCUT2D eigenvalue weighted by atomic mass is 32.7. The predicted molar refractivity (Wildman–Crippen MR) is 83.4 cm³/mol. The largest absolute Gasteiger partial charge is 0.508 e. The van der Waals surface area contributed by atoms with E-state index in [4.69, 9.17) is 21.3 Å². The summed E-state index contributed by atoms with van der Waals surface area (Å²) in [4.78, 5) is 10.2. The monoisotopic (exact) mass is 326 g/mol. The van der Waals surface area contributed by atoms with Gasteiger partial charge in [0.05, 0.1) is 0 Å². The van der Waals surface area contributed by atoms with E-state index in [-0.39, 0.29) is 23.0 Å². The fraction of sp³-hybridized carbons (Fsp3) is 0.143.